The number of aromatic nitrogens is 2. The number of carbonyl (C=O) groups excluding carboxylic acids is 1. The van der Waals surface area contributed by atoms with Gasteiger partial charge >= 0.3 is 0 Å². The molecule has 2 rings (SSSR count). The van der Waals surface area contributed by atoms with Gasteiger partial charge < -0.3 is 10.6 Å². The van der Waals surface area contributed by atoms with Crippen LogP contribution >= 0.6 is 0 Å². The lowest BCUT2D eigenvalue weighted by Crippen LogP contribution is -2.24. The summed E-state index contributed by atoms with van der Waals surface area (Å²) >= 11 is 0. The number of aryl methyl sites for hydroxylation is 1. The normalized spacial score (nSPS) is 10.2. The van der Waals surface area contributed by atoms with Crippen molar-refractivity contribution in [2.75, 3.05) is 11.9 Å². The predicted octanol–water partition coefficient (Wildman–Crippen LogP) is 2.54. The fraction of sp³-hybridized carbons (Fsp3) is 0.312. The van der Waals surface area contributed by atoms with E-state index in [1.54, 1.807) is 18.6 Å². The summed E-state index contributed by atoms with van der Waals surface area (Å²) in [5, 5.41) is 6.13. The molecule has 0 aromatic carbocycles. The molecule has 0 spiro atoms. The van der Waals surface area contributed by atoms with Crippen LogP contribution < -0.4 is 10.6 Å². The first-order valence-electron chi connectivity index (χ1n) is 7.08. The molecule has 0 aliphatic rings. The van der Waals surface area contributed by atoms with Crippen LogP contribution in [-0.2, 0) is 6.54 Å². The van der Waals surface area contributed by atoms with Gasteiger partial charge in [-0.15, -0.1) is 0 Å². The van der Waals surface area contributed by atoms with Gasteiger partial charge in [-0.3, -0.25) is 14.8 Å². The lowest BCUT2D eigenvalue weighted by Gasteiger charge is -2.11. The molecule has 5 heteroatoms. The van der Waals surface area contributed by atoms with Crippen LogP contribution in [-0.4, -0.2) is 22.4 Å². The van der Waals surface area contributed by atoms with Crippen molar-refractivity contribution in [3.8, 4) is 0 Å². The molecule has 2 N–H and O–H groups in total. The summed E-state index contributed by atoms with van der Waals surface area (Å²) < 4.78 is 0. The predicted molar refractivity (Wildman–Crippen MR) is 83.2 cm³/mol. The van der Waals surface area contributed by atoms with Crippen molar-refractivity contribution in [3.05, 3.63) is 53.6 Å². The maximum Gasteiger partial charge on any atom is 0.255 e. The summed E-state index contributed by atoms with van der Waals surface area (Å²) in [6, 6.07) is 5.71. The van der Waals surface area contributed by atoms with Gasteiger partial charge in [-0.25, -0.2) is 0 Å². The van der Waals surface area contributed by atoms with Crippen LogP contribution in [0, 0.1) is 6.92 Å². The van der Waals surface area contributed by atoms with E-state index in [1.165, 1.54) is 0 Å². The van der Waals surface area contributed by atoms with Gasteiger partial charge in [0.25, 0.3) is 5.91 Å². The van der Waals surface area contributed by atoms with Crippen molar-refractivity contribution in [1.82, 2.24) is 15.3 Å². The Morgan fingerprint density at radius 2 is 2.10 bits per heavy atom. The van der Waals surface area contributed by atoms with Crippen LogP contribution in [0.4, 0.5) is 5.69 Å². The number of anilines is 1. The van der Waals surface area contributed by atoms with Gasteiger partial charge in [0.1, 0.15) is 0 Å². The number of nitrogens with one attached hydrogen (secondary N) is 2. The first-order chi connectivity index (χ1) is 10.2. The van der Waals surface area contributed by atoms with E-state index >= 15 is 0 Å². The third kappa shape index (κ3) is 4.27. The third-order valence-electron chi connectivity index (χ3n) is 3.06. The van der Waals surface area contributed by atoms with Gasteiger partial charge in [0.15, 0.2) is 0 Å². The second-order valence-corrected chi connectivity index (χ2v) is 4.84. The molecule has 5 nitrogen and oxygen atoms in total. The molecule has 1 amide bonds. The average Bonchev–Trinajstić information content (AvgIpc) is 2.52. The van der Waals surface area contributed by atoms with E-state index in [-0.39, 0.29) is 5.91 Å². The highest BCUT2D eigenvalue weighted by Gasteiger charge is 2.10. The maximum absolute atomic E-state index is 12.3. The molecular weight excluding hydrogens is 264 g/mol. The van der Waals surface area contributed by atoms with Crippen LogP contribution in [0.5, 0.6) is 0 Å². The van der Waals surface area contributed by atoms with Crippen molar-refractivity contribution in [1.29, 1.82) is 0 Å². The number of hydrogen-bond donors (Lipinski definition) is 2. The Balaban J connectivity index is 2.01. The standard InChI is InChI=1S/C16H20N4O/c1-3-7-18-15-6-8-17-11-14(15)16(21)20-10-13-5-4-12(2)19-9-13/h4-6,8-9,11H,3,7,10H2,1-2H3,(H,17,18)(H,20,21). The molecule has 21 heavy (non-hydrogen) atoms. The molecule has 2 heterocycles. The Morgan fingerprint density at radius 1 is 1.24 bits per heavy atom. The van der Waals surface area contributed by atoms with Crippen molar-refractivity contribution in [2.24, 2.45) is 0 Å². The second-order valence-electron chi connectivity index (χ2n) is 4.84. The summed E-state index contributed by atoms with van der Waals surface area (Å²) in [6.07, 6.45) is 6.03. The number of nitrogens with zero attached hydrogens (tertiary/aromatic N) is 2. The van der Waals surface area contributed by atoms with Crippen LogP contribution in [0.15, 0.2) is 36.8 Å². The van der Waals surface area contributed by atoms with E-state index in [0.717, 1.165) is 29.9 Å². The van der Waals surface area contributed by atoms with Crippen molar-refractivity contribution < 1.29 is 4.79 Å². The van der Waals surface area contributed by atoms with E-state index in [9.17, 15) is 4.79 Å². The Hall–Kier alpha value is -2.43. The highest BCUT2D eigenvalue weighted by molar-refractivity contribution is 5.99. The minimum atomic E-state index is -0.137. The second kappa shape index (κ2) is 7.38. The van der Waals surface area contributed by atoms with E-state index in [0.29, 0.717) is 12.1 Å². The monoisotopic (exact) mass is 284 g/mol. The number of rotatable bonds is 6. The largest absolute Gasteiger partial charge is 0.384 e. The van der Waals surface area contributed by atoms with Crippen LogP contribution in [0.25, 0.3) is 0 Å². The Kier molecular flexibility index (Phi) is 5.26. The maximum atomic E-state index is 12.3. The summed E-state index contributed by atoms with van der Waals surface area (Å²) in [4.78, 5) is 20.5. The lowest BCUT2D eigenvalue weighted by molar-refractivity contribution is 0.0951. The Bertz CT molecular complexity index is 595. The minimum Gasteiger partial charge on any atom is -0.384 e. The highest BCUT2D eigenvalue weighted by atomic mass is 16.1. The van der Waals surface area contributed by atoms with Crippen molar-refractivity contribution in [3.63, 3.8) is 0 Å². The van der Waals surface area contributed by atoms with Crippen LogP contribution in [0.2, 0.25) is 0 Å². The topological polar surface area (TPSA) is 66.9 Å². The number of amides is 1. The van der Waals surface area contributed by atoms with E-state index in [4.69, 9.17) is 0 Å². The summed E-state index contributed by atoms with van der Waals surface area (Å²) in [5.74, 6) is -0.137. The summed E-state index contributed by atoms with van der Waals surface area (Å²) in [6.45, 7) is 5.29. The molecular formula is C16H20N4O. The van der Waals surface area contributed by atoms with Crippen LogP contribution in [0.3, 0.4) is 0 Å². The van der Waals surface area contributed by atoms with Crippen LogP contribution in [0.1, 0.15) is 35.0 Å². The Morgan fingerprint density at radius 3 is 2.81 bits per heavy atom. The summed E-state index contributed by atoms with van der Waals surface area (Å²) in [5.41, 5.74) is 3.31. The molecule has 0 saturated heterocycles. The number of carbonyl (C=O) groups is 1. The lowest BCUT2D eigenvalue weighted by atomic mass is 10.2. The zero-order valence-electron chi connectivity index (χ0n) is 12.4. The first-order valence-corrected chi connectivity index (χ1v) is 7.08. The fourth-order valence-electron chi connectivity index (χ4n) is 1.87. The molecule has 0 fully saturated rings. The SMILES string of the molecule is CCCNc1ccncc1C(=O)NCc1ccc(C)nc1. The van der Waals surface area contributed by atoms with Gasteiger partial charge in [-0.05, 0) is 31.0 Å². The molecule has 110 valence electrons. The van der Waals surface area contributed by atoms with Gasteiger partial charge in [0, 0.05) is 37.4 Å². The van der Waals surface area contributed by atoms with E-state index in [2.05, 4.69) is 27.5 Å². The average molecular weight is 284 g/mol. The molecule has 0 atom stereocenters. The molecule has 0 bridgehead atoms. The molecule has 0 aliphatic heterocycles. The number of pyridine rings is 2. The van der Waals surface area contributed by atoms with Crippen molar-refractivity contribution >= 4 is 11.6 Å². The molecule has 0 unspecified atom stereocenters. The van der Waals surface area contributed by atoms with Gasteiger partial charge in [-0.1, -0.05) is 13.0 Å². The smallest absolute Gasteiger partial charge is 0.255 e. The molecule has 0 aliphatic carbocycles. The minimum absolute atomic E-state index is 0.137. The van der Waals surface area contributed by atoms with Gasteiger partial charge in [0.2, 0.25) is 0 Å². The number of hydrogen-bond acceptors (Lipinski definition) is 4. The Labute approximate surface area is 124 Å². The van der Waals surface area contributed by atoms with E-state index in [1.807, 2.05) is 25.1 Å². The van der Waals surface area contributed by atoms with E-state index < -0.39 is 0 Å². The molecule has 0 saturated carbocycles. The third-order valence-corrected chi connectivity index (χ3v) is 3.06. The molecule has 0 radical (unpaired) electrons. The first kappa shape index (κ1) is 15.0. The zero-order valence-corrected chi connectivity index (χ0v) is 12.4. The molecule has 2 aromatic heterocycles. The van der Waals surface area contributed by atoms with Gasteiger partial charge in [-0.2, -0.15) is 0 Å². The summed E-state index contributed by atoms with van der Waals surface area (Å²) in [7, 11) is 0. The van der Waals surface area contributed by atoms with Gasteiger partial charge in [0.05, 0.1) is 11.3 Å². The van der Waals surface area contributed by atoms with Crippen molar-refractivity contribution in [2.45, 2.75) is 26.8 Å². The fourth-order valence-corrected chi connectivity index (χ4v) is 1.87. The quantitative estimate of drug-likeness (QED) is 0.855. The molecule has 2 aromatic rings. The zero-order chi connectivity index (χ0) is 15.1. The highest BCUT2D eigenvalue weighted by Crippen LogP contribution is 2.13.